The third kappa shape index (κ3) is 2.09. The van der Waals surface area contributed by atoms with E-state index in [1.807, 2.05) is 0 Å². The van der Waals surface area contributed by atoms with Gasteiger partial charge in [0.2, 0.25) is 0 Å². The van der Waals surface area contributed by atoms with Crippen molar-refractivity contribution in [3.05, 3.63) is 82.9 Å². The van der Waals surface area contributed by atoms with Gasteiger partial charge in [0.1, 0.15) is 23.0 Å². The number of aromatic hydroxyl groups is 4. The summed E-state index contributed by atoms with van der Waals surface area (Å²) in [4.78, 5) is 12.5. The van der Waals surface area contributed by atoms with Gasteiger partial charge in [0.05, 0.1) is 5.56 Å². The number of esters is 1. The van der Waals surface area contributed by atoms with Gasteiger partial charge >= 0.3 is 5.97 Å². The summed E-state index contributed by atoms with van der Waals surface area (Å²) in [5.74, 6) is -1.53. The first-order valence-electron chi connectivity index (χ1n) is 7.81. The Morgan fingerprint density at radius 3 is 1.77 bits per heavy atom. The SMILES string of the molecule is O=C1OC(c2ccc(O)cc2O)(c2ccc(O)cc2O)c2ccccc21. The van der Waals surface area contributed by atoms with Crippen LogP contribution in [0.4, 0.5) is 0 Å². The Bertz CT molecular complexity index is 989. The van der Waals surface area contributed by atoms with Crippen LogP contribution >= 0.6 is 0 Å². The summed E-state index contributed by atoms with van der Waals surface area (Å²) < 4.78 is 5.71. The molecule has 4 rings (SSSR count). The third-order valence-corrected chi connectivity index (χ3v) is 4.49. The lowest BCUT2D eigenvalue weighted by Crippen LogP contribution is -2.29. The second kappa shape index (κ2) is 5.42. The Morgan fingerprint density at radius 1 is 0.692 bits per heavy atom. The highest BCUT2D eigenvalue weighted by molar-refractivity contribution is 5.96. The number of hydrogen-bond acceptors (Lipinski definition) is 6. The molecule has 3 aromatic rings. The zero-order valence-electron chi connectivity index (χ0n) is 13.4. The van der Waals surface area contributed by atoms with E-state index in [-0.39, 0.29) is 34.1 Å². The highest BCUT2D eigenvalue weighted by atomic mass is 16.6. The molecular weight excluding hydrogens is 336 g/mol. The lowest BCUT2D eigenvalue weighted by Gasteiger charge is -2.31. The zero-order valence-corrected chi connectivity index (χ0v) is 13.4. The number of phenolic OH excluding ortho intramolecular Hbond substituents is 4. The van der Waals surface area contributed by atoms with Crippen molar-refractivity contribution in [3.8, 4) is 23.0 Å². The van der Waals surface area contributed by atoms with Gasteiger partial charge < -0.3 is 25.2 Å². The van der Waals surface area contributed by atoms with E-state index in [1.54, 1.807) is 24.3 Å². The molecule has 0 spiro atoms. The Morgan fingerprint density at radius 2 is 1.23 bits per heavy atom. The smallest absolute Gasteiger partial charge is 0.340 e. The minimum absolute atomic E-state index is 0.158. The van der Waals surface area contributed by atoms with E-state index in [1.165, 1.54) is 24.3 Å². The van der Waals surface area contributed by atoms with Crippen LogP contribution in [-0.2, 0) is 10.3 Å². The van der Waals surface area contributed by atoms with Gasteiger partial charge in [0.15, 0.2) is 5.60 Å². The number of rotatable bonds is 2. The van der Waals surface area contributed by atoms with Crippen molar-refractivity contribution in [2.45, 2.75) is 5.60 Å². The van der Waals surface area contributed by atoms with Crippen molar-refractivity contribution in [1.82, 2.24) is 0 Å². The molecule has 1 aliphatic heterocycles. The summed E-state index contributed by atoms with van der Waals surface area (Å²) in [7, 11) is 0. The Hall–Kier alpha value is -3.67. The Labute approximate surface area is 148 Å². The number of carbonyl (C=O) groups is 1. The number of hydrogen-bond donors (Lipinski definition) is 4. The van der Waals surface area contributed by atoms with Gasteiger partial charge in [-0.05, 0) is 30.3 Å². The number of cyclic esters (lactones) is 1. The molecule has 26 heavy (non-hydrogen) atoms. The average molecular weight is 350 g/mol. The van der Waals surface area contributed by atoms with Crippen LogP contribution in [0.2, 0.25) is 0 Å². The molecule has 0 aliphatic carbocycles. The molecule has 1 heterocycles. The molecule has 6 heteroatoms. The number of ether oxygens (including phenoxy) is 1. The molecule has 6 nitrogen and oxygen atoms in total. The molecular formula is C20H14O6. The predicted octanol–water partition coefficient (Wildman–Crippen LogP) is 2.97. The molecule has 3 aromatic carbocycles. The number of phenols is 4. The minimum atomic E-state index is -1.62. The molecule has 0 bridgehead atoms. The number of benzene rings is 3. The summed E-state index contributed by atoms with van der Waals surface area (Å²) in [6, 6.07) is 14.5. The molecule has 1 aliphatic rings. The van der Waals surface area contributed by atoms with E-state index in [9.17, 15) is 25.2 Å². The fraction of sp³-hybridized carbons (Fsp3) is 0.0500. The van der Waals surface area contributed by atoms with Gasteiger partial charge in [-0.25, -0.2) is 4.79 Å². The summed E-state index contributed by atoms with van der Waals surface area (Å²) in [5.41, 5.74) is -0.535. The van der Waals surface area contributed by atoms with Gasteiger partial charge in [-0.3, -0.25) is 0 Å². The standard InChI is InChI=1S/C20H14O6/c21-11-5-7-15(17(23)9-11)20(16-8-6-12(22)10-18(16)24)14-4-2-1-3-13(14)19(25)26-20/h1-10,21-24H. The van der Waals surface area contributed by atoms with Gasteiger partial charge in [-0.2, -0.15) is 0 Å². The summed E-state index contributed by atoms with van der Waals surface area (Å²) in [6.45, 7) is 0. The van der Waals surface area contributed by atoms with E-state index in [2.05, 4.69) is 0 Å². The maximum absolute atomic E-state index is 12.5. The topological polar surface area (TPSA) is 107 Å². The van der Waals surface area contributed by atoms with Crippen molar-refractivity contribution in [3.63, 3.8) is 0 Å². The third-order valence-electron chi connectivity index (χ3n) is 4.49. The quantitative estimate of drug-likeness (QED) is 0.529. The van der Waals surface area contributed by atoms with Crippen LogP contribution < -0.4 is 0 Å². The Kier molecular flexibility index (Phi) is 3.30. The van der Waals surface area contributed by atoms with Crippen molar-refractivity contribution in [2.75, 3.05) is 0 Å². The maximum atomic E-state index is 12.5. The number of fused-ring (bicyclic) bond motifs is 1. The van der Waals surface area contributed by atoms with Crippen LogP contribution in [0.15, 0.2) is 60.7 Å². The van der Waals surface area contributed by atoms with E-state index >= 15 is 0 Å². The Balaban J connectivity index is 2.11. The molecule has 0 unspecified atom stereocenters. The van der Waals surface area contributed by atoms with E-state index in [4.69, 9.17) is 4.74 Å². The highest BCUT2D eigenvalue weighted by Gasteiger charge is 2.51. The molecule has 4 N–H and O–H groups in total. The molecule has 0 fully saturated rings. The molecule has 0 aromatic heterocycles. The molecule has 0 saturated heterocycles. The zero-order chi connectivity index (χ0) is 18.5. The van der Waals surface area contributed by atoms with Gasteiger partial charge in [-0.1, -0.05) is 18.2 Å². The van der Waals surface area contributed by atoms with E-state index in [0.29, 0.717) is 11.1 Å². The van der Waals surface area contributed by atoms with Crippen LogP contribution in [0.3, 0.4) is 0 Å². The fourth-order valence-electron chi connectivity index (χ4n) is 3.40. The van der Waals surface area contributed by atoms with E-state index < -0.39 is 11.6 Å². The molecule has 0 radical (unpaired) electrons. The van der Waals surface area contributed by atoms with E-state index in [0.717, 1.165) is 12.1 Å². The molecule has 0 amide bonds. The van der Waals surface area contributed by atoms with Crippen molar-refractivity contribution in [1.29, 1.82) is 0 Å². The summed E-state index contributed by atoms with van der Waals surface area (Å²) in [6.07, 6.45) is 0. The molecule has 0 atom stereocenters. The molecule has 130 valence electrons. The van der Waals surface area contributed by atoms with Crippen LogP contribution in [0.5, 0.6) is 23.0 Å². The number of carbonyl (C=O) groups excluding carboxylic acids is 1. The summed E-state index contributed by atoms with van der Waals surface area (Å²) >= 11 is 0. The highest BCUT2D eigenvalue weighted by Crippen LogP contribution is 2.52. The van der Waals surface area contributed by atoms with Gasteiger partial charge in [0.25, 0.3) is 0 Å². The molecule has 0 saturated carbocycles. The van der Waals surface area contributed by atoms with Crippen LogP contribution in [0, 0.1) is 0 Å². The average Bonchev–Trinajstić information content (AvgIpc) is 2.89. The maximum Gasteiger partial charge on any atom is 0.340 e. The fourth-order valence-corrected chi connectivity index (χ4v) is 3.40. The van der Waals surface area contributed by atoms with Crippen molar-refractivity contribution < 1.29 is 30.0 Å². The lowest BCUT2D eigenvalue weighted by atomic mass is 9.79. The summed E-state index contributed by atoms with van der Waals surface area (Å²) in [5, 5.41) is 40.2. The first-order valence-corrected chi connectivity index (χ1v) is 7.81. The van der Waals surface area contributed by atoms with Crippen molar-refractivity contribution >= 4 is 5.97 Å². The van der Waals surface area contributed by atoms with Crippen LogP contribution in [-0.4, -0.2) is 26.4 Å². The predicted molar refractivity (Wildman–Crippen MR) is 91.3 cm³/mol. The largest absolute Gasteiger partial charge is 0.508 e. The van der Waals surface area contributed by atoms with Crippen LogP contribution in [0.1, 0.15) is 27.0 Å². The monoisotopic (exact) mass is 350 g/mol. The first kappa shape index (κ1) is 15.8. The van der Waals surface area contributed by atoms with Gasteiger partial charge in [0, 0.05) is 28.8 Å². The second-order valence-electron chi connectivity index (χ2n) is 6.02. The lowest BCUT2D eigenvalue weighted by molar-refractivity contribution is 0.0239. The van der Waals surface area contributed by atoms with Crippen molar-refractivity contribution in [2.24, 2.45) is 0 Å². The normalized spacial score (nSPS) is 14.7. The van der Waals surface area contributed by atoms with Crippen LogP contribution in [0.25, 0.3) is 0 Å². The van der Waals surface area contributed by atoms with Gasteiger partial charge in [-0.15, -0.1) is 0 Å². The first-order chi connectivity index (χ1) is 12.4. The minimum Gasteiger partial charge on any atom is -0.508 e. The second-order valence-corrected chi connectivity index (χ2v) is 6.02.